The number of aromatic hydroxyl groups is 1. The molecule has 0 spiro atoms. The molecule has 0 saturated carbocycles. The number of nitrogens with one attached hydrogen (secondary N) is 1. The van der Waals surface area contributed by atoms with E-state index in [1.807, 2.05) is 0 Å². The number of hydrogen-bond acceptors (Lipinski definition) is 8. The first-order chi connectivity index (χ1) is 11.5. The molecule has 2 N–H and O–H groups in total. The summed E-state index contributed by atoms with van der Waals surface area (Å²) < 4.78 is 9.38. The van der Waals surface area contributed by atoms with E-state index in [0.29, 0.717) is 10.8 Å². The maximum atomic E-state index is 11.7. The van der Waals surface area contributed by atoms with Gasteiger partial charge in [0.2, 0.25) is 0 Å². The lowest BCUT2D eigenvalue weighted by molar-refractivity contribution is -0.139. The largest absolute Gasteiger partial charge is 0.508 e. The van der Waals surface area contributed by atoms with Gasteiger partial charge in [-0.2, -0.15) is 0 Å². The van der Waals surface area contributed by atoms with Gasteiger partial charge < -0.3 is 14.6 Å². The molecule has 8 nitrogen and oxygen atoms in total. The Morgan fingerprint density at radius 1 is 1.25 bits per heavy atom. The van der Waals surface area contributed by atoms with Gasteiger partial charge in [-0.05, 0) is 24.3 Å². The zero-order chi connectivity index (χ0) is 17.5. The molecule has 0 aliphatic rings. The maximum Gasteiger partial charge on any atom is 0.338 e. The number of rotatable bonds is 6. The van der Waals surface area contributed by atoms with Crippen LogP contribution in [0.15, 0.2) is 29.6 Å². The summed E-state index contributed by atoms with van der Waals surface area (Å²) in [6.45, 7) is -0.481. The molecule has 0 unspecified atom stereocenters. The first-order valence-corrected chi connectivity index (χ1v) is 7.63. The minimum atomic E-state index is -0.685. The van der Waals surface area contributed by atoms with Crippen molar-refractivity contribution < 1.29 is 29.0 Å². The molecule has 0 aliphatic heterocycles. The normalized spacial score (nSPS) is 10.0. The van der Waals surface area contributed by atoms with Crippen LogP contribution in [0.25, 0.3) is 0 Å². The van der Waals surface area contributed by atoms with Crippen LogP contribution in [0.1, 0.15) is 16.1 Å². The first kappa shape index (κ1) is 17.4. The van der Waals surface area contributed by atoms with E-state index in [2.05, 4.69) is 15.0 Å². The predicted molar refractivity (Wildman–Crippen MR) is 84.9 cm³/mol. The topological polar surface area (TPSA) is 115 Å². The third-order valence-electron chi connectivity index (χ3n) is 2.79. The molecular weight excluding hydrogens is 336 g/mol. The average molecular weight is 350 g/mol. The second kappa shape index (κ2) is 8.06. The lowest BCUT2D eigenvalue weighted by Crippen LogP contribution is -2.20. The Hall–Kier alpha value is -2.94. The molecule has 1 amide bonds. The van der Waals surface area contributed by atoms with E-state index < -0.39 is 24.5 Å². The van der Waals surface area contributed by atoms with Crippen LogP contribution in [0.2, 0.25) is 0 Å². The minimum Gasteiger partial charge on any atom is -0.508 e. The van der Waals surface area contributed by atoms with Crippen LogP contribution in [0.4, 0.5) is 5.13 Å². The number of esters is 2. The summed E-state index contributed by atoms with van der Waals surface area (Å²) in [5.74, 6) is -1.64. The van der Waals surface area contributed by atoms with Gasteiger partial charge in [0.25, 0.3) is 5.91 Å². The van der Waals surface area contributed by atoms with E-state index in [1.165, 1.54) is 31.4 Å². The molecule has 0 fully saturated rings. The van der Waals surface area contributed by atoms with Gasteiger partial charge in [-0.3, -0.25) is 14.9 Å². The third kappa shape index (κ3) is 5.06. The lowest BCUT2D eigenvalue weighted by Gasteiger charge is -2.04. The van der Waals surface area contributed by atoms with Crippen LogP contribution >= 0.6 is 11.3 Å². The molecule has 9 heteroatoms. The summed E-state index contributed by atoms with van der Waals surface area (Å²) >= 11 is 1.14. The summed E-state index contributed by atoms with van der Waals surface area (Å²) in [7, 11) is 1.28. The Morgan fingerprint density at radius 3 is 2.62 bits per heavy atom. The van der Waals surface area contributed by atoms with Crippen molar-refractivity contribution in [2.24, 2.45) is 0 Å². The molecule has 0 aliphatic carbocycles. The fourth-order valence-electron chi connectivity index (χ4n) is 1.63. The maximum absolute atomic E-state index is 11.7. The number of benzene rings is 1. The van der Waals surface area contributed by atoms with Crippen molar-refractivity contribution in [2.75, 3.05) is 19.0 Å². The molecule has 0 radical (unpaired) electrons. The molecule has 0 bridgehead atoms. The number of phenols is 1. The Balaban J connectivity index is 1.82. The van der Waals surface area contributed by atoms with E-state index in [1.54, 1.807) is 5.38 Å². The Labute approximate surface area is 141 Å². The Kier molecular flexibility index (Phi) is 5.85. The van der Waals surface area contributed by atoms with Crippen molar-refractivity contribution in [3.05, 3.63) is 40.9 Å². The van der Waals surface area contributed by atoms with Crippen molar-refractivity contribution in [2.45, 2.75) is 6.42 Å². The van der Waals surface area contributed by atoms with Crippen LogP contribution in [-0.4, -0.2) is 41.7 Å². The monoisotopic (exact) mass is 350 g/mol. The second-order valence-electron chi connectivity index (χ2n) is 4.57. The fraction of sp³-hybridized carbons (Fsp3) is 0.200. The van der Waals surface area contributed by atoms with Crippen molar-refractivity contribution in [3.8, 4) is 5.75 Å². The van der Waals surface area contributed by atoms with Gasteiger partial charge in [0.1, 0.15) is 5.75 Å². The quantitative estimate of drug-likeness (QED) is 0.756. The van der Waals surface area contributed by atoms with E-state index in [0.717, 1.165) is 11.3 Å². The number of amides is 1. The second-order valence-corrected chi connectivity index (χ2v) is 5.43. The number of carbonyl (C=O) groups excluding carboxylic acids is 3. The zero-order valence-corrected chi connectivity index (χ0v) is 13.5. The van der Waals surface area contributed by atoms with Crippen molar-refractivity contribution in [3.63, 3.8) is 0 Å². The van der Waals surface area contributed by atoms with Gasteiger partial charge in [0, 0.05) is 5.38 Å². The summed E-state index contributed by atoms with van der Waals surface area (Å²) in [4.78, 5) is 38.6. The molecule has 1 aromatic heterocycles. The molecule has 126 valence electrons. The fourth-order valence-corrected chi connectivity index (χ4v) is 2.36. The van der Waals surface area contributed by atoms with E-state index >= 15 is 0 Å². The highest BCUT2D eigenvalue weighted by Gasteiger charge is 2.13. The third-order valence-corrected chi connectivity index (χ3v) is 3.60. The SMILES string of the molecule is COC(=O)Cc1csc(NC(=O)COC(=O)c2ccc(O)cc2)n1. The number of methoxy groups -OCH3 is 1. The molecule has 0 atom stereocenters. The molecule has 24 heavy (non-hydrogen) atoms. The Morgan fingerprint density at radius 2 is 1.96 bits per heavy atom. The lowest BCUT2D eigenvalue weighted by atomic mass is 10.2. The summed E-state index contributed by atoms with van der Waals surface area (Å²) in [5.41, 5.74) is 0.693. The highest BCUT2D eigenvalue weighted by atomic mass is 32.1. The van der Waals surface area contributed by atoms with Crippen molar-refractivity contribution in [1.29, 1.82) is 0 Å². The van der Waals surface area contributed by atoms with Crippen molar-refractivity contribution >= 4 is 34.3 Å². The molecule has 2 rings (SSSR count). The Bertz CT molecular complexity index is 741. The minimum absolute atomic E-state index is 0.0126. The standard InChI is InChI=1S/C15H14N2O6S/c1-22-13(20)6-10-8-24-15(16-10)17-12(19)7-23-14(21)9-2-4-11(18)5-3-9/h2-5,8,18H,6-7H2,1H3,(H,16,17,19). The van der Waals surface area contributed by atoms with Crippen LogP contribution < -0.4 is 5.32 Å². The zero-order valence-electron chi connectivity index (χ0n) is 12.6. The number of anilines is 1. The molecular formula is C15H14N2O6S. The number of phenolic OH excluding ortho intramolecular Hbond substituents is 1. The first-order valence-electron chi connectivity index (χ1n) is 6.75. The smallest absolute Gasteiger partial charge is 0.338 e. The number of thiazole rings is 1. The van der Waals surface area contributed by atoms with Crippen LogP contribution in [0.5, 0.6) is 5.75 Å². The summed E-state index contributed by atoms with van der Waals surface area (Å²) in [6.07, 6.45) is 0.0126. The molecule has 1 heterocycles. The number of carbonyl (C=O) groups is 3. The molecule has 0 saturated heterocycles. The summed E-state index contributed by atoms with van der Waals surface area (Å²) in [5, 5.41) is 13.5. The van der Waals surface area contributed by atoms with Gasteiger partial charge >= 0.3 is 11.9 Å². The predicted octanol–water partition coefficient (Wildman–Crippen LogP) is 1.36. The van der Waals surface area contributed by atoms with Crippen molar-refractivity contribution in [1.82, 2.24) is 4.98 Å². The van der Waals surface area contributed by atoms with Gasteiger partial charge in [-0.1, -0.05) is 0 Å². The van der Waals surface area contributed by atoms with Gasteiger partial charge in [-0.25, -0.2) is 9.78 Å². The van der Waals surface area contributed by atoms with E-state index in [9.17, 15) is 14.4 Å². The van der Waals surface area contributed by atoms with Gasteiger partial charge in [0.15, 0.2) is 11.7 Å². The molecule has 2 aromatic rings. The number of nitrogens with zero attached hydrogens (tertiary/aromatic N) is 1. The van der Waals surface area contributed by atoms with Crippen LogP contribution in [-0.2, 0) is 25.5 Å². The number of ether oxygens (including phenoxy) is 2. The molecule has 1 aromatic carbocycles. The summed E-state index contributed by atoms with van der Waals surface area (Å²) in [6, 6.07) is 5.45. The number of hydrogen-bond donors (Lipinski definition) is 2. The van der Waals surface area contributed by atoms with E-state index in [-0.39, 0.29) is 17.7 Å². The van der Waals surface area contributed by atoms with Crippen LogP contribution in [0.3, 0.4) is 0 Å². The number of aromatic nitrogens is 1. The van der Waals surface area contributed by atoms with Crippen LogP contribution in [0, 0.1) is 0 Å². The van der Waals surface area contributed by atoms with Gasteiger partial charge in [-0.15, -0.1) is 11.3 Å². The average Bonchev–Trinajstić information content (AvgIpc) is 3.00. The highest BCUT2D eigenvalue weighted by Crippen LogP contribution is 2.16. The van der Waals surface area contributed by atoms with E-state index in [4.69, 9.17) is 9.84 Å². The van der Waals surface area contributed by atoms with Gasteiger partial charge in [0.05, 0.1) is 24.8 Å². The highest BCUT2D eigenvalue weighted by molar-refractivity contribution is 7.13.